The maximum absolute atomic E-state index is 11.9. The minimum Gasteiger partial charge on any atom is -0.399 e. The molecule has 0 bridgehead atoms. The van der Waals surface area contributed by atoms with Gasteiger partial charge in [-0.15, -0.1) is 0 Å². The van der Waals surface area contributed by atoms with Crippen LogP contribution in [-0.2, 0) is 9.59 Å². The molecule has 0 fully saturated rings. The molecule has 0 aliphatic rings. The van der Waals surface area contributed by atoms with Crippen LogP contribution in [0.3, 0.4) is 0 Å². The average Bonchev–Trinajstić information content (AvgIpc) is 2.69. The molecule has 8 nitrogen and oxygen atoms in total. The van der Waals surface area contributed by atoms with Crippen LogP contribution in [-0.4, -0.2) is 23.2 Å². The maximum Gasteiger partial charge on any atom is 0.240 e. The number of amides is 2. The lowest BCUT2D eigenvalue weighted by molar-refractivity contribution is -0.126. The number of carbonyl (C=O) groups is 2. The predicted molar refractivity (Wildman–Crippen MR) is 112 cm³/mol. The van der Waals surface area contributed by atoms with Crippen LogP contribution in [0.25, 0.3) is 0 Å². The van der Waals surface area contributed by atoms with E-state index in [9.17, 15) is 9.59 Å². The first-order chi connectivity index (χ1) is 13.3. The van der Waals surface area contributed by atoms with E-state index in [1.807, 2.05) is 24.3 Å². The van der Waals surface area contributed by atoms with Crippen LogP contribution in [0, 0.1) is 0 Å². The van der Waals surface area contributed by atoms with E-state index in [4.69, 9.17) is 11.5 Å². The zero-order valence-corrected chi connectivity index (χ0v) is 15.9. The lowest BCUT2D eigenvalue weighted by Gasteiger charge is -2.04. The Kier molecular flexibility index (Phi) is 7.27. The van der Waals surface area contributed by atoms with Crippen LogP contribution in [0.15, 0.2) is 58.7 Å². The van der Waals surface area contributed by atoms with Crippen LogP contribution < -0.4 is 22.3 Å². The Morgan fingerprint density at radius 1 is 0.714 bits per heavy atom. The number of hydrogen-bond acceptors (Lipinski definition) is 6. The highest BCUT2D eigenvalue weighted by molar-refractivity contribution is 6.00. The summed E-state index contributed by atoms with van der Waals surface area (Å²) in [5.74, 6) is -0.714. The van der Waals surface area contributed by atoms with Gasteiger partial charge in [0.05, 0.1) is 11.4 Å². The van der Waals surface area contributed by atoms with Gasteiger partial charge >= 0.3 is 0 Å². The summed E-state index contributed by atoms with van der Waals surface area (Å²) in [7, 11) is 0. The molecule has 0 saturated carbocycles. The van der Waals surface area contributed by atoms with Gasteiger partial charge in [0.2, 0.25) is 11.8 Å². The van der Waals surface area contributed by atoms with E-state index in [0.29, 0.717) is 22.8 Å². The van der Waals surface area contributed by atoms with Gasteiger partial charge in [-0.1, -0.05) is 24.3 Å². The van der Waals surface area contributed by atoms with E-state index in [2.05, 4.69) is 21.1 Å². The molecule has 0 unspecified atom stereocenters. The minimum atomic E-state index is -0.357. The lowest BCUT2D eigenvalue weighted by Crippen LogP contribution is -2.24. The number of nitrogens with one attached hydrogen (secondary N) is 2. The van der Waals surface area contributed by atoms with Crippen molar-refractivity contribution >= 4 is 34.6 Å². The number of nitrogens with two attached hydrogens (primary N) is 2. The summed E-state index contributed by atoms with van der Waals surface area (Å²) in [6.07, 6.45) is 0.00157. The van der Waals surface area contributed by atoms with E-state index < -0.39 is 0 Å². The normalized spacial score (nSPS) is 11.8. The van der Waals surface area contributed by atoms with Crippen molar-refractivity contribution in [3.63, 3.8) is 0 Å². The Labute approximate surface area is 163 Å². The third-order valence-corrected chi connectivity index (χ3v) is 3.93. The zero-order valence-electron chi connectivity index (χ0n) is 15.9. The molecule has 0 aromatic heterocycles. The summed E-state index contributed by atoms with van der Waals surface area (Å²) in [6, 6.07) is 14.3. The first kappa shape index (κ1) is 20.6. The van der Waals surface area contributed by atoms with Gasteiger partial charge in [-0.3, -0.25) is 9.59 Å². The molecular formula is C20H24N6O2. The van der Waals surface area contributed by atoms with Crippen LogP contribution in [0.5, 0.6) is 0 Å². The molecule has 0 spiro atoms. The van der Waals surface area contributed by atoms with Crippen molar-refractivity contribution in [2.45, 2.75) is 26.7 Å². The first-order valence-electron chi connectivity index (χ1n) is 8.73. The number of nitrogen functional groups attached to an aromatic ring is 2. The molecule has 0 heterocycles. The van der Waals surface area contributed by atoms with Gasteiger partial charge in [0.1, 0.15) is 0 Å². The van der Waals surface area contributed by atoms with E-state index in [0.717, 1.165) is 11.1 Å². The van der Waals surface area contributed by atoms with E-state index in [1.165, 1.54) is 0 Å². The Morgan fingerprint density at radius 3 is 1.36 bits per heavy atom. The molecule has 0 atom stereocenters. The van der Waals surface area contributed by atoms with Crippen molar-refractivity contribution in [2.75, 3.05) is 11.5 Å². The molecule has 2 rings (SSSR count). The van der Waals surface area contributed by atoms with Crippen LogP contribution >= 0.6 is 0 Å². The smallest absolute Gasteiger partial charge is 0.240 e. The average molecular weight is 380 g/mol. The third kappa shape index (κ3) is 6.56. The molecule has 28 heavy (non-hydrogen) atoms. The lowest BCUT2D eigenvalue weighted by atomic mass is 10.1. The van der Waals surface area contributed by atoms with Crippen molar-refractivity contribution in [1.82, 2.24) is 10.9 Å². The summed E-state index contributed by atoms with van der Waals surface area (Å²) in [4.78, 5) is 23.7. The van der Waals surface area contributed by atoms with Gasteiger partial charge in [0.15, 0.2) is 0 Å². The molecule has 0 saturated heterocycles. The maximum atomic E-state index is 11.9. The highest BCUT2D eigenvalue weighted by Gasteiger charge is 2.07. The number of carbonyl (C=O) groups excluding carboxylic acids is 2. The van der Waals surface area contributed by atoms with Crippen molar-refractivity contribution in [3.05, 3.63) is 59.7 Å². The standard InChI is InChI=1S/C20H24N6O2/c1-13(15-3-7-17(21)8-4-15)23-25-19(27)11-12-20(28)26-24-14(2)16-5-9-18(22)10-6-16/h3-10H,11-12,21-22H2,1-2H3,(H,25,27)(H,26,28)/b23-13-,24-14+. The molecule has 6 N–H and O–H groups in total. The van der Waals surface area contributed by atoms with Crippen LogP contribution in [0.4, 0.5) is 11.4 Å². The molecule has 146 valence electrons. The van der Waals surface area contributed by atoms with Gasteiger partial charge in [-0.25, -0.2) is 10.9 Å². The van der Waals surface area contributed by atoms with E-state index in [1.54, 1.807) is 38.1 Å². The SMILES string of the molecule is C/C(=N/NC(=O)CCC(=O)N/N=C(\C)c1ccc(N)cc1)c1ccc(N)cc1. The highest BCUT2D eigenvalue weighted by atomic mass is 16.2. The summed E-state index contributed by atoms with van der Waals surface area (Å²) >= 11 is 0. The van der Waals surface area contributed by atoms with Gasteiger partial charge in [0.25, 0.3) is 0 Å². The van der Waals surface area contributed by atoms with E-state index >= 15 is 0 Å². The number of hydrogen-bond donors (Lipinski definition) is 4. The molecular weight excluding hydrogens is 356 g/mol. The predicted octanol–water partition coefficient (Wildman–Crippen LogP) is 2.01. The Morgan fingerprint density at radius 2 is 1.04 bits per heavy atom. The van der Waals surface area contributed by atoms with Crippen molar-refractivity contribution in [1.29, 1.82) is 0 Å². The monoisotopic (exact) mass is 380 g/mol. The van der Waals surface area contributed by atoms with Crippen molar-refractivity contribution in [3.8, 4) is 0 Å². The number of benzene rings is 2. The quantitative estimate of drug-likeness (QED) is 0.332. The minimum absolute atomic E-state index is 0.000783. The van der Waals surface area contributed by atoms with Crippen molar-refractivity contribution < 1.29 is 9.59 Å². The molecule has 0 radical (unpaired) electrons. The zero-order chi connectivity index (χ0) is 20.5. The summed E-state index contributed by atoms with van der Waals surface area (Å²) in [6.45, 7) is 3.54. The second-order valence-electron chi connectivity index (χ2n) is 6.21. The fourth-order valence-corrected chi connectivity index (χ4v) is 2.21. The van der Waals surface area contributed by atoms with Crippen molar-refractivity contribution in [2.24, 2.45) is 10.2 Å². The number of hydrazone groups is 2. The van der Waals surface area contributed by atoms with E-state index in [-0.39, 0.29) is 24.7 Å². The molecule has 8 heteroatoms. The van der Waals surface area contributed by atoms with Gasteiger partial charge in [-0.2, -0.15) is 10.2 Å². The summed E-state index contributed by atoms with van der Waals surface area (Å²) < 4.78 is 0. The molecule has 0 aliphatic heterocycles. The Balaban J connectivity index is 1.78. The fraction of sp³-hybridized carbons (Fsp3) is 0.200. The largest absolute Gasteiger partial charge is 0.399 e. The van der Waals surface area contributed by atoms with Crippen LogP contribution in [0.1, 0.15) is 37.8 Å². The fourth-order valence-electron chi connectivity index (χ4n) is 2.21. The topological polar surface area (TPSA) is 135 Å². The summed E-state index contributed by atoms with van der Waals surface area (Å²) in [5.41, 5.74) is 20.4. The third-order valence-electron chi connectivity index (χ3n) is 3.93. The Hall–Kier alpha value is -3.68. The van der Waals surface area contributed by atoms with Gasteiger partial charge in [0, 0.05) is 24.2 Å². The van der Waals surface area contributed by atoms with Crippen LogP contribution in [0.2, 0.25) is 0 Å². The second-order valence-corrected chi connectivity index (χ2v) is 6.21. The molecule has 2 amide bonds. The number of anilines is 2. The number of rotatable bonds is 7. The second kappa shape index (κ2) is 9.86. The Bertz CT molecular complexity index is 810. The highest BCUT2D eigenvalue weighted by Crippen LogP contribution is 2.07. The first-order valence-corrected chi connectivity index (χ1v) is 8.73. The number of nitrogens with zero attached hydrogens (tertiary/aromatic N) is 2. The van der Waals surface area contributed by atoms with Gasteiger partial charge < -0.3 is 11.5 Å². The molecule has 2 aromatic carbocycles. The molecule has 0 aliphatic carbocycles. The summed E-state index contributed by atoms with van der Waals surface area (Å²) in [5, 5.41) is 8.06. The van der Waals surface area contributed by atoms with Gasteiger partial charge in [-0.05, 0) is 49.2 Å². The molecule has 2 aromatic rings.